The van der Waals surface area contributed by atoms with Crippen LogP contribution >= 0.6 is 0 Å². The molecule has 0 aliphatic carbocycles. The summed E-state index contributed by atoms with van der Waals surface area (Å²) in [5, 5.41) is 7.36. The second kappa shape index (κ2) is 10.9. The number of methoxy groups -OCH3 is 1. The van der Waals surface area contributed by atoms with Crippen LogP contribution in [0.5, 0.6) is 11.5 Å². The molecule has 5 N–H and O–H groups in total. The van der Waals surface area contributed by atoms with E-state index in [0.29, 0.717) is 36.7 Å². The van der Waals surface area contributed by atoms with E-state index in [1.165, 1.54) is 0 Å². The molecule has 0 saturated carbocycles. The highest BCUT2D eigenvalue weighted by Gasteiger charge is 2.08. The normalized spacial score (nSPS) is 10.5. The Morgan fingerprint density at radius 1 is 0.929 bits per heavy atom. The third kappa shape index (κ3) is 6.59. The van der Waals surface area contributed by atoms with Gasteiger partial charge < -0.3 is 25.7 Å². The Hall–Kier alpha value is -3.06. The standard InChI is InChI=1S/C21H27N3O4/c1-26-14-17-13-16(21(24)25)7-10-19(17)28-12-4-2-3-11-27-18-8-5-15(6-9-18)20(22)23/h5-10,13H,2-4,11-12,14H2,1H3,(H3,22,23)(H2,24,25). The fourth-order valence-electron chi connectivity index (χ4n) is 2.63. The lowest BCUT2D eigenvalue weighted by Gasteiger charge is -2.12. The van der Waals surface area contributed by atoms with Crippen LogP contribution in [0.25, 0.3) is 0 Å². The third-order valence-corrected chi connectivity index (χ3v) is 4.13. The first kappa shape index (κ1) is 21.2. The molecule has 0 fully saturated rings. The molecule has 0 aromatic heterocycles. The van der Waals surface area contributed by atoms with E-state index < -0.39 is 5.91 Å². The number of carbonyl (C=O) groups is 1. The Bertz CT molecular complexity index is 791. The molecule has 7 heteroatoms. The van der Waals surface area contributed by atoms with E-state index in [-0.39, 0.29) is 5.84 Å². The Kier molecular flexibility index (Phi) is 8.30. The van der Waals surface area contributed by atoms with Crippen LogP contribution in [0.3, 0.4) is 0 Å². The van der Waals surface area contributed by atoms with Crippen molar-refractivity contribution in [2.45, 2.75) is 25.9 Å². The van der Waals surface area contributed by atoms with Gasteiger partial charge in [0.25, 0.3) is 0 Å². The van der Waals surface area contributed by atoms with E-state index in [1.807, 2.05) is 12.1 Å². The highest BCUT2D eigenvalue weighted by molar-refractivity contribution is 5.95. The van der Waals surface area contributed by atoms with Crippen LogP contribution in [0.2, 0.25) is 0 Å². The molecule has 2 aromatic rings. The van der Waals surface area contributed by atoms with Crippen molar-refractivity contribution < 1.29 is 19.0 Å². The Morgan fingerprint density at radius 3 is 2.18 bits per heavy atom. The molecule has 2 aromatic carbocycles. The first-order valence-corrected chi connectivity index (χ1v) is 9.13. The number of hydrogen-bond donors (Lipinski definition) is 3. The number of rotatable bonds is 12. The van der Waals surface area contributed by atoms with Crippen molar-refractivity contribution in [2.75, 3.05) is 20.3 Å². The van der Waals surface area contributed by atoms with Crippen LogP contribution in [0.15, 0.2) is 42.5 Å². The molecule has 28 heavy (non-hydrogen) atoms. The molecule has 1 amide bonds. The molecule has 7 nitrogen and oxygen atoms in total. The van der Waals surface area contributed by atoms with Gasteiger partial charge in [-0.2, -0.15) is 0 Å². The predicted octanol–water partition coefficient (Wildman–Crippen LogP) is 2.84. The van der Waals surface area contributed by atoms with Gasteiger partial charge in [0.1, 0.15) is 17.3 Å². The smallest absolute Gasteiger partial charge is 0.248 e. The number of nitrogens with one attached hydrogen (secondary N) is 1. The van der Waals surface area contributed by atoms with Gasteiger partial charge in [0, 0.05) is 23.8 Å². The van der Waals surface area contributed by atoms with Crippen molar-refractivity contribution in [2.24, 2.45) is 11.5 Å². The predicted molar refractivity (Wildman–Crippen MR) is 108 cm³/mol. The number of hydrogen-bond acceptors (Lipinski definition) is 5. The summed E-state index contributed by atoms with van der Waals surface area (Å²) in [5.41, 5.74) is 12.7. The summed E-state index contributed by atoms with van der Waals surface area (Å²) in [7, 11) is 1.59. The molecule has 0 radical (unpaired) electrons. The maximum Gasteiger partial charge on any atom is 0.248 e. The van der Waals surface area contributed by atoms with Crippen LogP contribution in [0, 0.1) is 5.41 Å². The lowest BCUT2D eigenvalue weighted by molar-refractivity contribution is 0.1000. The molecular formula is C21H27N3O4. The fourth-order valence-corrected chi connectivity index (χ4v) is 2.63. The average Bonchev–Trinajstić information content (AvgIpc) is 2.68. The van der Waals surface area contributed by atoms with Crippen molar-refractivity contribution in [3.05, 3.63) is 59.2 Å². The molecule has 0 spiro atoms. The van der Waals surface area contributed by atoms with Gasteiger partial charge in [-0.25, -0.2) is 0 Å². The Balaban J connectivity index is 1.68. The maximum absolute atomic E-state index is 11.3. The van der Waals surface area contributed by atoms with Crippen LogP contribution in [0.1, 0.15) is 40.7 Å². The number of ether oxygens (including phenoxy) is 3. The van der Waals surface area contributed by atoms with Gasteiger partial charge in [-0.15, -0.1) is 0 Å². The van der Waals surface area contributed by atoms with Crippen molar-refractivity contribution in [3.63, 3.8) is 0 Å². The zero-order chi connectivity index (χ0) is 20.4. The van der Waals surface area contributed by atoms with Crippen molar-refractivity contribution in [1.29, 1.82) is 5.41 Å². The maximum atomic E-state index is 11.3. The largest absolute Gasteiger partial charge is 0.494 e. The summed E-state index contributed by atoms with van der Waals surface area (Å²) >= 11 is 0. The van der Waals surface area contributed by atoms with Gasteiger partial charge in [0.15, 0.2) is 0 Å². The second-order valence-corrected chi connectivity index (χ2v) is 6.32. The van der Waals surface area contributed by atoms with E-state index in [2.05, 4.69) is 0 Å². The molecule has 150 valence electrons. The van der Waals surface area contributed by atoms with E-state index in [9.17, 15) is 4.79 Å². The van der Waals surface area contributed by atoms with E-state index in [1.54, 1.807) is 37.4 Å². The summed E-state index contributed by atoms with van der Waals surface area (Å²) in [6.07, 6.45) is 2.75. The first-order chi connectivity index (χ1) is 13.5. The minimum Gasteiger partial charge on any atom is -0.494 e. The first-order valence-electron chi connectivity index (χ1n) is 9.13. The zero-order valence-electron chi connectivity index (χ0n) is 16.1. The number of amidine groups is 1. The topological polar surface area (TPSA) is 121 Å². The number of benzene rings is 2. The minimum absolute atomic E-state index is 0.0458. The van der Waals surface area contributed by atoms with Crippen LogP contribution in [-0.2, 0) is 11.3 Å². The Morgan fingerprint density at radius 2 is 1.57 bits per heavy atom. The van der Waals surface area contributed by atoms with Crippen LogP contribution in [-0.4, -0.2) is 32.1 Å². The summed E-state index contributed by atoms with van der Waals surface area (Å²) in [5.74, 6) is 1.04. The van der Waals surface area contributed by atoms with E-state index >= 15 is 0 Å². The zero-order valence-corrected chi connectivity index (χ0v) is 16.1. The van der Waals surface area contributed by atoms with Crippen molar-refractivity contribution >= 4 is 11.7 Å². The van der Waals surface area contributed by atoms with Gasteiger partial charge in [-0.05, 0) is 61.7 Å². The SMILES string of the molecule is COCc1cc(C(N)=O)ccc1OCCCCCOc1ccc(C(=N)N)cc1. The highest BCUT2D eigenvalue weighted by Crippen LogP contribution is 2.21. The summed E-state index contributed by atoms with van der Waals surface area (Å²) in [4.78, 5) is 11.3. The lowest BCUT2D eigenvalue weighted by Crippen LogP contribution is -2.12. The second-order valence-electron chi connectivity index (χ2n) is 6.32. The van der Waals surface area contributed by atoms with Gasteiger partial charge in [0.05, 0.1) is 19.8 Å². The summed E-state index contributed by atoms with van der Waals surface area (Å²) in [6.45, 7) is 1.54. The fraction of sp³-hybridized carbons (Fsp3) is 0.333. The number of nitrogens with two attached hydrogens (primary N) is 2. The van der Waals surface area contributed by atoms with Gasteiger partial charge in [0.2, 0.25) is 5.91 Å². The Labute approximate surface area is 165 Å². The molecule has 0 bridgehead atoms. The molecule has 0 unspecified atom stereocenters. The third-order valence-electron chi connectivity index (χ3n) is 4.13. The average molecular weight is 385 g/mol. The monoisotopic (exact) mass is 385 g/mol. The van der Waals surface area contributed by atoms with E-state index in [0.717, 1.165) is 30.6 Å². The van der Waals surface area contributed by atoms with Gasteiger partial charge >= 0.3 is 0 Å². The van der Waals surface area contributed by atoms with Crippen molar-refractivity contribution in [3.8, 4) is 11.5 Å². The van der Waals surface area contributed by atoms with Crippen LogP contribution in [0.4, 0.5) is 0 Å². The van der Waals surface area contributed by atoms with Gasteiger partial charge in [-0.3, -0.25) is 10.2 Å². The molecular weight excluding hydrogens is 358 g/mol. The molecule has 0 atom stereocenters. The van der Waals surface area contributed by atoms with Crippen molar-refractivity contribution in [1.82, 2.24) is 0 Å². The molecule has 0 saturated heterocycles. The minimum atomic E-state index is -0.472. The number of unbranched alkanes of at least 4 members (excludes halogenated alkanes) is 2. The van der Waals surface area contributed by atoms with Crippen LogP contribution < -0.4 is 20.9 Å². The summed E-state index contributed by atoms with van der Waals surface area (Å²) in [6, 6.07) is 12.3. The molecule has 0 aliphatic rings. The summed E-state index contributed by atoms with van der Waals surface area (Å²) < 4.78 is 16.7. The quantitative estimate of drug-likeness (QED) is 0.295. The van der Waals surface area contributed by atoms with Gasteiger partial charge in [-0.1, -0.05) is 0 Å². The highest BCUT2D eigenvalue weighted by atomic mass is 16.5. The molecule has 2 rings (SSSR count). The molecule has 0 heterocycles. The number of nitrogen functional groups attached to an aromatic ring is 1. The lowest BCUT2D eigenvalue weighted by atomic mass is 10.1. The molecule has 0 aliphatic heterocycles. The number of primary amides is 1. The number of carbonyl (C=O) groups excluding carboxylic acids is 1. The van der Waals surface area contributed by atoms with E-state index in [4.69, 9.17) is 31.1 Å². The number of amides is 1.